The van der Waals surface area contributed by atoms with Gasteiger partial charge in [0.25, 0.3) is 0 Å². The van der Waals surface area contributed by atoms with Crippen LogP contribution >= 0.6 is 11.6 Å². The van der Waals surface area contributed by atoms with Gasteiger partial charge in [-0.3, -0.25) is 9.69 Å². The van der Waals surface area contributed by atoms with Crippen LogP contribution in [0.1, 0.15) is 18.4 Å². The first-order valence-corrected chi connectivity index (χ1v) is 6.13. The zero-order valence-corrected chi connectivity index (χ0v) is 10.5. The highest BCUT2D eigenvalue weighted by atomic mass is 35.5. The van der Waals surface area contributed by atoms with E-state index < -0.39 is 5.97 Å². The van der Waals surface area contributed by atoms with Crippen LogP contribution < -0.4 is 0 Å². The molecule has 2 atom stereocenters. The Hall–Kier alpha value is -1.06. The van der Waals surface area contributed by atoms with Crippen LogP contribution in [0.2, 0.25) is 5.02 Å². The summed E-state index contributed by atoms with van der Waals surface area (Å²) in [6.45, 7) is 0.745. The minimum atomic E-state index is -0.681. The summed E-state index contributed by atoms with van der Waals surface area (Å²) in [5.41, 5.74) is 1.12. The van der Waals surface area contributed by atoms with E-state index in [0.29, 0.717) is 0 Å². The maximum Gasteiger partial charge on any atom is 0.308 e. The van der Waals surface area contributed by atoms with E-state index in [1.54, 1.807) is 0 Å². The highest BCUT2D eigenvalue weighted by molar-refractivity contribution is 6.30. The molecule has 0 heterocycles. The van der Waals surface area contributed by atoms with Gasteiger partial charge in [0.1, 0.15) is 0 Å². The number of benzene rings is 1. The third-order valence-corrected chi connectivity index (χ3v) is 3.68. The topological polar surface area (TPSA) is 40.5 Å². The van der Waals surface area contributed by atoms with Crippen LogP contribution in [0, 0.1) is 5.92 Å². The maximum absolute atomic E-state index is 11.0. The first-order valence-electron chi connectivity index (χ1n) is 5.75. The third kappa shape index (κ3) is 2.79. The highest BCUT2D eigenvalue weighted by Crippen LogP contribution is 2.32. The van der Waals surface area contributed by atoms with Crippen molar-refractivity contribution < 1.29 is 9.90 Å². The summed E-state index contributed by atoms with van der Waals surface area (Å²) in [5, 5.41) is 9.74. The molecule has 0 amide bonds. The van der Waals surface area contributed by atoms with Gasteiger partial charge in [-0.15, -0.1) is 0 Å². The fourth-order valence-electron chi connectivity index (χ4n) is 2.34. The summed E-state index contributed by atoms with van der Waals surface area (Å²) >= 11 is 5.92. The molecule has 1 N–H and O–H groups in total. The van der Waals surface area contributed by atoms with E-state index in [1.165, 1.54) is 0 Å². The lowest BCUT2D eigenvalue weighted by atomic mass is 9.78. The molecule has 92 valence electrons. The van der Waals surface area contributed by atoms with Crippen molar-refractivity contribution in [1.82, 2.24) is 4.90 Å². The van der Waals surface area contributed by atoms with Crippen molar-refractivity contribution in [2.75, 3.05) is 7.05 Å². The zero-order chi connectivity index (χ0) is 12.4. The van der Waals surface area contributed by atoms with Gasteiger partial charge in [-0.2, -0.15) is 0 Å². The van der Waals surface area contributed by atoms with Gasteiger partial charge in [0.05, 0.1) is 5.92 Å². The van der Waals surface area contributed by atoms with Crippen molar-refractivity contribution >= 4 is 17.6 Å². The Labute approximate surface area is 106 Å². The number of rotatable bonds is 4. The van der Waals surface area contributed by atoms with Crippen molar-refractivity contribution in [3.05, 3.63) is 34.9 Å². The van der Waals surface area contributed by atoms with Crippen LogP contribution in [0.15, 0.2) is 24.3 Å². The summed E-state index contributed by atoms with van der Waals surface area (Å²) in [6.07, 6.45) is 1.76. The van der Waals surface area contributed by atoms with E-state index in [1.807, 2.05) is 31.3 Å². The van der Waals surface area contributed by atoms with Gasteiger partial charge in [0, 0.05) is 17.6 Å². The molecule has 0 spiro atoms. The zero-order valence-electron chi connectivity index (χ0n) is 9.77. The summed E-state index contributed by atoms with van der Waals surface area (Å²) in [7, 11) is 1.97. The van der Waals surface area contributed by atoms with Crippen molar-refractivity contribution in [2.24, 2.45) is 5.92 Å². The molecule has 1 aromatic rings. The first-order chi connectivity index (χ1) is 8.08. The van der Waals surface area contributed by atoms with Crippen molar-refractivity contribution in [2.45, 2.75) is 25.4 Å². The first kappa shape index (κ1) is 12.4. The monoisotopic (exact) mass is 253 g/mol. The predicted molar refractivity (Wildman–Crippen MR) is 67.1 cm³/mol. The Balaban J connectivity index is 1.97. The molecule has 1 fully saturated rings. The molecule has 0 aliphatic heterocycles. The SMILES string of the molecule is CN(Cc1cccc(Cl)c1)C1CCC1C(=O)O. The molecule has 3 nitrogen and oxygen atoms in total. The Bertz CT molecular complexity index is 422. The molecule has 2 unspecified atom stereocenters. The lowest BCUT2D eigenvalue weighted by Crippen LogP contribution is -2.48. The molecule has 1 aliphatic rings. The number of nitrogens with zero attached hydrogens (tertiary/aromatic N) is 1. The van der Waals surface area contributed by atoms with Gasteiger partial charge in [-0.05, 0) is 37.6 Å². The molecule has 0 aromatic heterocycles. The Morgan fingerprint density at radius 3 is 2.82 bits per heavy atom. The summed E-state index contributed by atoms with van der Waals surface area (Å²) in [5.74, 6) is -0.890. The highest BCUT2D eigenvalue weighted by Gasteiger charge is 2.38. The smallest absolute Gasteiger partial charge is 0.308 e. The number of carbonyl (C=O) groups is 1. The van der Waals surface area contributed by atoms with Gasteiger partial charge < -0.3 is 5.11 Å². The minimum Gasteiger partial charge on any atom is -0.481 e. The number of carboxylic acids is 1. The number of aliphatic carboxylic acids is 1. The van der Waals surface area contributed by atoms with Crippen LogP contribution in [0.4, 0.5) is 0 Å². The molecule has 0 saturated heterocycles. The van der Waals surface area contributed by atoms with Crippen molar-refractivity contribution in [3.63, 3.8) is 0 Å². The molecule has 0 bridgehead atoms. The van der Waals surface area contributed by atoms with Gasteiger partial charge in [-0.1, -0.05) is 23.7 Å². The normalized spacial score (nSPS) is 23.5. The fraction of sp³-hybridized carbons (Fsp3) is 0.462. The maximum atomic E-state index is 11.0. The molecule has 2 rings (SSSR count). The Kier molecular flexibility index (Phi) is 3.69. The van der Waals surface area contributed by atoms with E-state index in [2.05, 4.69) is 4.90 Å². The van der Waals surface area contributed by atoms with E-state index in [4.69, 9.17) is 16.7 Å². The molecule has 1 aliphatic carbocycles. The summed E-state index contributed by atoms with van der Waals surface area (Å²) in [6, 6.07) is 7.85. The van der Waals surface area contributed by atoms with E-state index in [9.17, 15) is 4.79 Å². The summed E-state index contributed by atoms with van der Waals surface area (Å²) in [4.78, 5) is 13.1. The van der Waals surface area contributed by atoms with Crippen molar-refractivity contribution in [1.29, 1.82) is 0 Å². The molecular weight excluding hydrogens is 238 g/mol. The van der Waals surface area contributed by atoms with Gasteiger partial charge in [0.15, 0.2) is 0 Å². The Morgan fingerprint density at radius 2 is 2.29 bits per heavy atom. The second-order valence-corrected chi connectivity index (χ2v) is 5.07. The lowest BCUT2D eigenvalue weighted by molar-refractivity contribution is -0.148. The molecule has 1 aromatic carbocycles. The Morgan fingerprint density at radius 1 is 1.53 bits per heavy atom. The van der Waals surface area contributed by atoms with E-state index in [-0.39, 0.29) is 12.0 Å². The molecule has 17 heavy (non-hydrogen) atoms. The van der Waals surface area contributed by atoms with Crippen molar-refractivity contribution in [3.8, 4) is 0 Å². The largest absolute Gasteiger partial charge is 0.481 e. The summed E-state index contributed by atoms with van der Waals surface area (Å²) < 4.78 is 0. The average Bonchev–Trinajstić information content (AvgIpc) is 2.13. The lowest BCUT2D eigenvalue weighted by Gasteiger charge is -2.40. The molecule has 1 saturated carbocycles. The second kappa shape index (κ2) is 5.07. The van der Waals surface area contributed by atoms with Gasteiger partial charge in [0.2, 0.25) is 0 Å². The standard InChI is InChI=1S/C13H16ClNO2/c1-15(12-6-5-11(12)13(16)17)8-9-3-2-4-10(14)7-9/h2-4,7,11-12H,5-6,8H2,1H3,(H,16,17). The molecule has 4 heteroatoms. The average molecular weight is 254 g/mol. The quantitative estimate of drug-likeness (QED) is 0.897. The molecular formula is C13H16ClNO2. The van der Waals surface area contributed by atoms with Crippen LogP contribution in [-0.2, 0) is 11.3 Å². The number of hydrogen-bond donors (Lipinski definition) is 1. The number of carboxylic acid groups (broad SMARTS) is 1. The number of halogens is 1. The van der Waals surface area contributed by atoms with Crippen LogP contribution in [0.25, 0.3) is 0 Å². The third-order valence-electron chi connectivity index (χ3n) is 3.44. The van der Waals surface area contributed by atoms with Gasteiger partial charge in [-0.25, -0.2) is 0 Å². The molecule has 0 radical (unpaired) electrons. The van der Waals surface area contributed by atoms with E-state index >= 15 is 0 Å². The van der Waals surface area contributed by atoms with Crippen LogP contribution in [-0.4, -0.2) is 29.1 Å². The van der Waals surface area contributed by atoms with Gasteiger partial charge >= 0.3 is 5.97 Å². The fourth-order valence-corrected chi connectivity index (χ4v) is 2.55. The van der Waals surface area contributed by atoms with E-state index in [0.717, 1.165) is 30.0 Å². The minimum absolute atomic E-state index is 0.159. The predicted octanol–water partition coefficient (Wildman–Crippen LogP) is 2.63. The van der Waals surface area contributed by atoms with Crippen LogP contribution in [0.5, 0.6) is 0 Å². The van der Waals surface area contributed by atoms with Crippen LogP contribution in [0.3, 0.4) is 0 Å². The second-order valence-electron chi connectivity index (χ2n) is 4.63. The number of hydrogen-bond acceptors (Lipinski definition) is 2.